The average molecular weight is 599 g/mol. The van der Waals surface area contributed by atoms with Gasteiger partial charge in [-0.25, -0.2) is 4.98 Å². The molecule has 218 valence electrons. The smallest absolute Gasteiger partial charge is 0.418 e. The number of anilines is 1. The van der Waals surface area contributed by atoms with Gasteiger partial charge in [-0.05, 0) is 51.1 Å². The molecule has 0 bridgehead atoms. The van der Waals surface area contributed by atoms with Gasteiger partial charge in [-0.15, -0.1) is 15.6 Å². The van der Waals surface area contributed by atoms with Gasteiger partial charge in [0.1, 0.15) is 29.9 Å². The lowest BCUT2D eigenvalue weighted by Gasteiger charge is -2.50. The van der Waals surface area contributed by atoms with Gasteiger partial charge in [0.15, 0.2) is 17.5 Å². The number of nitrogens with two attached hydrogens (primary N) is 2. The molecule has 3 rings (SSSR count). The quantitative estimate of drug-likeness (QED) is 0.0407. The van der Waals surface area contributed by atoms with E-state index in [4.69, 9.17) is 31.0 Å². The largest absolute Gasteiger partial charge is 0.490 e. The molecule has 40 heavy (non-hydrogen) atoms. The van der Waals surface area contributed by atoms with Crippen molar-refractivity contribution in [2.75, 3.05) is 32.0 Å². The fraction of sp³-hybridized carbons (Fsp3) is 0.409. The molecule has 1 aromatic heterocycles. The number of aromatic nitrogens is 1. The van der Waals surface area contributed by atoms with Crippen molar-refractivity contribution < 1.29 is 36.4 Å². The summed E-state index contributed by atoms with van der Waals surface area (Å²) in [7, 11) is -4.95. The second kappa shape index (κ2) is 13.0. The molecule has 18 heteroatoms. The second-order valence-corrected chi connectivity index (χ2v) is 10.8. The number of carbonyl (C=O) groups is 2. The number of rotatable bonds is 14. The van der Waals surface area contributed by atoms with Gasteiger partial charge in [-0.2, -0.15) is 13.5 Å². The summed E-state index contributed by atoms with van der Waals surface area (Å²) in [5.41, 5.74) is 10.3. The van der Waals surface area contributed by atoms with E-state index in [1.165, 1.54) is 19.2 Å². The summed E-state index contributed by atoms with van der Waals surface area (Å²) in [5, 5.41) is 19.4. The van der Waals surface area contributed by atoms with E-state index < -0.39 is 33.8 Å². The lowest BCUT2D eigenvalue weighted by atomic mass is 9.84. The Kier molecular flexibility index (Phi) is 9.98. The van der Waals surface area contributed by atoms with Crippen LogP contribution >= 0.6 is 11.3 Å². The van der Waals surface area contributed by atoms with Crippen LogP contribution in [0.25, 0.3) is 0 Å². The minimum atomic E-state index is -4.95. The minimum Gasteiger partial charge on any atom is -0.490 e. The zero-order valence-electron chi connectivity index (χ0n) is 21.6. The molecule has 1 aliphatic rings. The number of oxime groups is 1. The third-order valence-corrected chi connectivity index (χ3v) is 6.54. The number of β-lactam (4-membered cyclic amide) rings is 1. The lowest BCUT2D eigenvalue weighted by molar-refractivity contribution is -0.218. The summed E-state index contributed by atoms with van der Waals surface area (Å²) < 4.78 is 40.8. The molecular formula is C22H30N8O8S2. The first-order chi connectivity index (χ1) is 18.8. The van der Waals surface area contributed by atoms with Crippen LogP contribution in [0, 0.1) is 5.41 Å². The van der Waals surface area contributed by atoms with E-state index in [9.17, 15) is 18.0 Å². The van der Waals surface area contributed by atoms with Crippen molar-refractivity contribution in [1.82, 2.24) is 20.7 Å². The third kappa shape index (κ3) is 7.85. The highest BCUT2D eigenvalue weighted by atomic mass is 32.3. The van der Waals surface area contributed by atoms with E-state index in [-0.39, 0.29) is 35.6 Å². The molecule has 0 spiro atoms. The normalized spacial score (nSPS) is 16.7. The molecule has 0 radical (unpaired) electrons. The Bertz CT molecular complexity index is 1360. The summed E-state index contributed by atoms with van der Waals surface area (Å²) in [6.07, 6.45) is 0.757. The van der Waals surface area contributed by atoms with Crippen LogP contribution in [0.4, 0.5) is 5.13 Å². The number of hydroxylamine groups is 2. The summed E-state index contributed by atoms with van der Waals surface area (Å²) in [4.78, 5) is 34.7. The van der Waals surface area contributed by atoms with Crippen LogP contribution in [-0.4, -0.2) is 84.3 Å². The highest BCUT2D eigenvalue weighted by Crippen LogP contribution is 2.32. The first-order valence-electron chi connectivity index (χ1n) is 11.8. The predicted molar refractivity (Wildman–Crippen MR) is 145 cm³/mol. The van der Waals surface area contributed by atoms with Crippen molar-refractivity contribution in [3.8, 4) is 5.75 Å². The number of carbonyl (C=O) groups excluding carboxylic acids is 2. The van der Waals surface area contributed by atoms with Gasteiger partial charge in [0, 0.05) is 17.5 Å². The zero-order chi connectivity index (χ0) is 29.5. The van der Waals surface area contributed by atoms with Crippen molar-refractivity contribution in [2.45, 2.75) is 31.8 Å². The average Bonchev–Trinajstić information content (AvgIpc) is 3.33. The van der Waals surface area contributed by atoms with Crippen LogP contribution in [0.15, 0.2) is 34.8 Å². The van der Waals surface area contributed by atoms with Crippen molar-refractivity contribution in [2.24, 2.45) is 10.9 Å². The molecule has 2 amide bonds. The molecule has 1 fully saturated rings. The number of nitrogens with zero attached hydrogens (tertiary/aromatic N) is 3. The highest BCUT2D eigenvalue weighted by molar-refractivity contribution is 7.80. The molecule has 2 aromatic rings. The molecule has 2 heterocycles. The Labute approximate surface area is 234 Å². The first kappa shape index (κ1) is 30.7. The van der Waals surface area contributed by atoms with Gasteiger partial charge in [0.05, 0.1) is 5.54 Å². The number of amides is 2. The molecular weight excluding hydrogens is 568 g/mol. The minimum absolute atomic E-state index is 0.0571. The van der Waals surface area contributed by atoms with E-state index in [1.807, 2.05) is 0 Å². The Morgan fingerprint density at radius 3 is 2.58 bits per heavy atom. The number of nitrogens with one attached hydrogen (secondary N) is 3. The maximum absolute atomic E-state index is 13.0. The van der Waals surface area contributed by atoms with Crippen LogP contribution in [0.3, 0.4) is 0 Å². The summed E-state index contributed by atoms with van der Waals surface area (Å²) in [5.74, 6) is -0.951. The highest BCUT2D eigenvalue weighted by Gasteiger charge is 2.58. The molecule has 16 nitrogen and oxygen atoms in total. The molecule has 1 saturated heterocycles. The number of nitrogen functional groups attached to an aromatic ring is 1. The molecule has 0 unspecified atom stereocenters. The summed E-state index contributed by atoms with van der Waals surface area (Å²) >= 11 is 1.06. The van der Waals surface area contributed by atoms with Crippen molar-refractivity contribution in [1.29, 1.82) is 5.41 Å². The Hall–Kier alpha value is -3.84. The van der Waals surface area contributed by atoms with Crippen LogP contribution in [0.1, 0.15) is 31.5 Å². The van der Waals surface area contributed by atoms with E-state index in [0.29, 0.717) is 29.5 Å². The Morgan fingerprint density at radius 1 is 1.30 bits per heavy atom. The second-order valence-electron chi connectivity index (χ2n) is 8.86. The van der Waals surface area contributed by atoms with Gasteiger partial charge < -0.3 is 31.7 Å². The monoisotopic (exact) mass is 598 g/mol. The van der Waals surface area contributed by atoms with E-state index in [0.717, 1.165) is 17.8 Å². The van der Waals surface area contributed by atoms with E-state index in [2.05, 4.69) is 25.1 Å². The maximum Gasteiger partial charge on any atom is 0.418 e. The van der Waals surface area contributed by atoms with Crippen molar-refractivity contribution in [3.63, 3.8) is 0 Å². The Morgan fingerprint density at radius 2 is 2.00 bits per heavy atom. The van der Waals surface area contributed by atoms with Crippen molar-refractivity contribution in [3.05, 3.63) is 40.9 Å². The van der Waals surface area contributed by atoms with Crippen LogP contribution in [-0.2, 0) is 29.1 Å². The topological polar surface area (TPSA) is 245 Å². The van der Waals surface area contributed by atoms with Crippen LogP contribution in [0.5, 0.6) is 5.75 Å². The first-order valence-corrected chi connectivity index (χ1v) is 14.1. The molecule has 0 aliphatic carbocycles. The molecule has 0 saturated carbocycles. The van der Waals surface area contributed by atoms with Crippen molar-refractivity contribution >= 4 is 50.2 Å². The number of benzene rings is 1. The number of thiazole rings is 1. The molecule has 8 N–H and O–H groups in total. The predicted octanol–water partition coefficient (Wildman–Crippen LogP) is -0.371. The van der Waals surface area contributed by atoms with E-state index in [1.54, 1.807) is 24.3 Å². The molecule has 1 aromatic carbocycles. The van der Waals surface area contributed by atoms with Gasteiger partial charge in [0.2, 0.25) is 0 Å². The van der Waals surface area contributed by atoms with Crippen LogP contribution < -0.4 is 26.8 Å². The summed E-state index contributed by atoms with van der Waals surface area (Å²) in [6, 6.07) is 5.65. The Balaban J connectivity index is 1.57. The lowest BCUT2D eigenvalue weighted by Crippen LogP contribution is -2.76. The van der Waals surface area contributed by atoms with Gasteiger partial charge in [0.25, 0.3) is 11.8 Å². The molecule has 1 aliphatic heterocycles. The third-order valence-electron chi connectivity index (χ3n) is 5.53. The fourth-order valence-electron chi connectivity index (χ4n) is 3.46. The SMILES string of the molecule is CC1(C)[C@H](NC(=O)C(=NOCCOc2ccc(C(=N)NCCCN)cc2)c2csc(N)n2)C(=O)N1OS(=O)(=O)O. The number of hydrogen-bond acceptors (Lipinski definition) is 13. The standard InChI is InChI=1S/C22H30N8O8S2/c1-22(2)17(20(32)30(22)38-40(33,34)35)28-19(31)16(15-12-39-21(25)27-15)29-37-11-10-36-14-6-4-13(5-7-14)18(24)26-9-3-8-23/h4-7,12,17H,3,8-11,23H2,1-2H3,(H2,24,26)(H2,25,27)(H,28,31)(H,33,34,35)/t17-/m1/s1. The summed E-state index contributed by atoms with van der Waals surface area (Å²) in [6.45, 7) is 4.00. The maximum atomic E-state index is 13.0. The number of ether oxygens (including phenoxy) is 1. The number of amidine groups is 1. The van der Waals surface area contributed by atoms with Gasteiger partial charge >= 0.3 is 10.4 Å². The number of hydrogen-bond donors (Lipinski definition) is 6. The zero-order valence-corrected chi connectivity index (χ0v) is 23.3. The van der Waals surface area contributed by atoms with Crippen LogP contribution in [0.2, 0.25) is 0 Å². The van der Waals surface area contributed by atoms with Gasteiger partial charge in [-0.1, -0.05) is 5.16 Å². The van der Waals surface area contributed by atoms with E-state index >= 15 is 0 Å². The van der Waals surface area contributed by atoms with Gasteiger partial charge in [-0.3, -0.25) is 19.6 Å². The molecule has 1 atom stereocenters. The fourth-order valence-corrected chi connectivity index (χ4v) is 4.46.